The second kappa shape index (κ2) is 6.33. The van der Waals surface area contributed by atoms with Gasteiger partial charge in [0.2, 0.25) is 0 Å². The number of hydrogen-bond donors (Lipinski definition) is 1. The zero-order chi connectivity index (χ0) is 16.5. The summed E-state index contributed by atoms with van der Waals surface area (Å²) in [7, 11) is 0. The number of amides is 1. The summed E-state index contributed by atoms with van der Waals surface area (Å²) in [5.41, 5.74) is 4.05. The Kier molecular flexibility index (Phi) is 4.03. The van der Waals surface area contributed by atoms with Gasteiger partial charge >= 0.3 is 0 Å². The first-order valence-electron chi connectivity index (χ1n) is 8.22. The lowest BCUT2D eigenvalue weighted by Crippen LogP contribution is -2.33. The van der Waals surface area contributed by atoms with Crippen molar-refractivity contribution in [3.63, 3.8) is 0 Å². The first-order valence-corrected chi connectivity index (χ1v) is 8.60. The lowest BCUT2D eigenvalue weighted by Gasteiger charge is -2.27. The van der Waals surface area contributed by atoms with Gasteiger partial charge in [-0.25, -0.2) is 0 Å². The SMILES string of the molecule is O=C(NC1CCCc2ccccc21)C1=Cc2cc(Cl)ccc2OC1. The standard InChI is InChI=1S/C20H18ClNO2/c21-16-8-9-19-14(11-16)10-15(12-24-19)20(23)22-18-7-3-5-13-4-1-2-6-17(13)18/h1-2,4,6,8-11,18H,3,5,7,12H2,(H,22,23). The average molecular weight is 340 g/mol. The first kappa shape index (κ1) is 15.3. The van der Waals surface area contributed by atoms with Gasteiger partial charge in [-0.1, -0.05) is 35.9 Å². The summed E-state index contributed by atoms with van der Waals surface area (Å²) in [6, 6.07) is 13.9. The van der Waals surface area contributed by atoms with Crippen LogP contribution in [0.1, 0.15) is 35.6 Å². The zero-order valence-electron chi connectivity index (χ0n) is 13.2. The van der Waals surface area contributed by atoms with Crippen molar-refractivity contribution in [2.45, 2.75) is 25.3 Å². The van der Waals surface area contributed by atoms with Crippen LogP contribution in [0.25, 0.3) is 6.08 Å². The normalized spacial score (nSPS) is 18.7. The van der Waals surface area contributed by atoms with E-state index in [1.54, 1.807) is 6.07 Å². The van der Waals surface area contributed by atoms with Gasteiger partial charge in [-0.2, -0.15) is 0 Å². The topological polar surface area (TPSA) is 38.3 Å². The smallest absolute Gasteiger partial charge is 0.251 e. The van der Waals surface area contributed by atoms with Crippen LogP contribution in [0.5, 0.6) is 5.75 Å². The van der Waals surface area contributed by atoms with Gasteiger partial charge in [0.15, 0.2) is 0 Å². The van der Waals surface area contributed by atoms with E-state index in [1.165, 1.54) is 11.1 Å². The Morgan fingerprint density at radius 3 is 3.00 bits per heavy atom. The number of aryl methyl sites for hydroxylation is 1. The summed E-state index contributed by atoms with van der Waals surface area (Å²) >= 11 is 6.03. The maximum atomic E-state index is 12.7. The van der Waals surface area contributed by atoms with Crippen molar-refractivity contribution in [3.05, 3.63) is 69.8 Å². The van der Waals surface area contributed by atoms with Crippen molar-refractivity contribution >= 4 is 23.6 Å². The minimum absolute atomic E-state index is 0.0673. The van der Waals surface area contributed by atoms with E-state index in [1.807, 2.05) is 24.3 Å². The molecular weight excluding hydrogens is 322 g/mol. The van der Waals surface area contributed by atoms with E-state index in [2.05, 4.69) is 23.5 Å². The molecule has 1 aliphatic heterocycles. The number of halogens is 1. The van der Waals surface area contributed by atoms with Crippen molar-refractivity contribution in [2.75, 3.05) is 6.61 Å². The summed E-state index contributed by atoms with van der Waals surface area (Å²) in [5, 5.41) is 3.81. The van der Waals surface area contributed by atoms with Crippen LogP contribution in [0.4, 0.5) is 0 Å². The molecule has 1 amide bonds. The molecule has 1 heterocycles. The molecule has 0 fully saturated rings. The molecular formula is C20H18ClNO2. The van der Waals surface area contributed by atoms with Crippen molar-refractivity contribution < 1.29 is 9.53 Å². The quantitative estimate of drug-likeness (QED) is 0.885. The van der Waals surface area contributed by atoms with Crippen LogP contribution >= 0.6 is 11.6 Å². The Morgan fingerprint density at radius 1 is 1.21 bits per heavy atom. The highest BCUT2D eigenvalue weighted by atomic mass is 35.5. The Bertz CT molecular complexity index is 828. The minimum Gasteiger partial charge on any atom is -0.488 e. The Balaban J connectivity index is 1.56. The van der Waals surface area contributed by atoms with Crippen LogP contribution in [-0.4, -0.2) is 12.5 Å². The molecule has 0 saturated heterocycles. The van der Waals surface area contributed by atoms with Gasteiger partial charge in [0.25, 0.3) is 5.91 Å². The molecule has 0 saturated carbocycles. The summed E-state index contributed by atoms with van der Waals surface area (Å²) < 4.78 is 5.68. The lowest BCUT2D eigenvalue weighted by atomic mass is 9.87. The molecule has 1 unspecified atom stereocenters. The molecule has 4 rings (SSSR count). The van der Waals surface area contributed by atoms with Gasteiger partial charge in [-0.15, -0.1) is 0 Å². The van der Waals surface area contributed by atoms with Crippen molar-refractivity contribution in [2.24, 2.45) is 0 Å². The molecule has 24 heavy (non-hydrogen) atoms. The first-order chi connectivity index (χ1) is 11.7. The molecule has 0 bridgehead atoms. The number of nitrogens with one attached hydrogen (secondary N) is 1. The minimum atomic E-state index is -0.0673. The van der Waals surface area contributed by atoms with Gasteiger partial charge in [0.1, 0.15) is 12.4 Å². The fourth-order valence-corrected chi connectivity index (χ4v) is 3.61. The van der Waals surface area contributed by atoms with Gasteiger partial charge in [0.05, 0.1) is 11.6 Å². The lowest BCUT2D eigenvalue weighted by molar-refractivity contribution is -0.118. The molecule has 4 heteroatoms. The summed E-state index contributed by atoms with van der Waals surface area (Å²) in [4.78, 5) is 12.7. The number of benzene rings is 2. The molecule has 3 nitrogen and oxygen atoms in total. The Hall–Kier alpha value is -2.26. The van der Waals surface area contributed by atoms with Gasteiger partial charge in [-0.3, -0.25) is 4.79 Å². The predicted molar refractivity (Wildman–Crippen MR) is 95.2 cm³/mol. The van der Waals surface area contributed by atoms with Gasteiger partial charge < -0.3 is 10.1 Å². The maximum absolute atomic E-state index is 12.7. The zero-order valence-corrected chi connectivity index (χ0v) is 14.0. The average Bonchev–Trinajstić information content (AvgIpc) is 2.61. The van der Waals surface area contributed by atoms with Gasteiger partial charge in [-0.05, 0) is 54.7 Å². The highest BCUT2D eigenvalue weighted by Crippen LogP contribution is 2.31. The van der Waals surface area contributed by atoms with Crippen molar-refractivity contribution in [3.8, 4) is 5.75 Å². The third kappa shape index (κ3) is 2.92. The Morgan fingerprint density at radius 2 is 2.08 bits per heavy atom. The molecule has 2 aliphatic rings. The van der Waals surface area contributed by atoms with E-state index >= 15 is 0 Å². The van der Waals surface area contributed by atoms with Crippen LogP contribution in [-0.2, 0) is 11.2 Å². The maximum Gasteiger partial charge on any atom is 0.251 e. The molecule has 1 aliphatic carbocycles. The van der Waals surface area contributed by atoms with E-state index < -0.39 is 0 Å². The fourth-order valence-electron chi connectivity index (χ4n) is 3.43. The van der Waals surface area contributed by atoms with Crippen LogP contribution < -0.4 is 10.1 Å². The Labute approximate surface area is 146 Å². The molecule has 1 N–H and O–H groups in total. The number of fused-ring (bicyclic) bond motifs is 2. The summed E-state index contributed by atoms with van der Waals surface area (Å²) in [5.74, 6) is 0.696. The number of hydrogen-bond acceptors (Lipinski definition) is 2. The predicted octanol–water partition coefficient (Wildman–Crippen LogP) is 4.31. The monoisotopic (exact) mass is 339 g/mol. The molecule has 0 spiro atoms. The van der Waals surface area contributed by atoms with E-state index in [0.717, 1.165) is 30.6 Å². The highest BCUT2D eigenvalue weighted by Gasteiger charge is 2.24. The summed E-state index contributed by atoms with van der Waals surface area (Å²) in [6.07, 6.45) is 5.02. The molecule has 2 aromatic rings. The molecule has 122 valence electrons. The second-order valence-corrected chi connectivity index (χ2v) is 6.69. The van der Waals surface area contributed by atoms with E-state index in [0.29, 0.717) is 10.6 Å². The van der Waals surface area contributed by atoms with E-state index in [-0.39, 0.29) is 18.6 Å². The highest BCUT2D eigenvalue weighted by molar-refractivity contribution is 6.30. The number of carbonyl (C=O) groups excluding carboxylic acids is 1. The number of ether oxygens (including phenoxy) is 1. The molecule has 0 aromatic heterocycles. The number of carbonyl (C=O) groups is 1. The number of rotatable bonds is 2. The van der Waals surface area contributed by atoms with Crippen LogP contribution in [0.15, 0.2) is 48.0 Å². The third-order valence-electron chi connectivity index (χ3n) is 4.65. The third-order valence-corrected chi connectivity index (χ3v) is 4.89. The van der Waals surface area contributed by atoms with E-state index in [4.69, 9.17) is 16.3 Å². The molecule has 2 aromatic carbocycles. The fraction of sp³-hybridized carbons (Fsp3) is 0.250. The largest absolute Gasteiger partial charge is 0.488 e. The second-order valence-electron chi connectivity index (χ2n) is 6.26. The van der Waals surface area contributed by atoms with Crippen molar-refractivity contribution in [1.29, 1.82) is 0 Å². The molecule has 0 radical (unpaired) electrons. The van der Waals surface area contributed by atoms with E-state index in [9.17, 15) is 4.79 Å². The van der Waals surface area contributed by atoms with Gasteiger partial charge in [0, 0.05) is 10.6 Å². The van der Waals surface area contributed by atoms with Crippen LogP contribution in [0, 0.1) is 0 Å². The van der Waals surface area contributed by atoms with Crippen LogP contribution in [0.3, 0.4) is 0 Å². The summed E-state index contributed by atoms with van der Waals surface area (Å²) in [6.45, 7) is 0.287. The van der Waals surface area contributed by atoms with Crippen LogP contribution in [0.2, 0.25) is 5.02 Å². The van der Waals surface area contributed by atoms with Crippen molar-refractivity contribution in [1.82, 2.24) is 5.32 Å². The molecule has 1 atom stereocenters.